The van der Waals surface area contributed by atoms with Gasteiger partial charge in [0.25, 0.3) is 10.1 Å². The number of aliphatic hydroxyl groups excluding tert-OH is 3. The van der Waals surface area contributed by atoms with E-state index < -0.39 is 71.2 Å². The van der Waals surface area contributed by atoms with Crippen LogP contribution in [0.4, 0.5) is 0 Å². The van der Waals surface area contributed by atoms with Crippen LogP contribution in [0, 0.1) is 0 Å². The molecule has 356 valence electrons. The number of esters is 2. The van der Waals surface area contributed by atoms with Crippen LogP contribution in [0.5, 0.6) is 0 Å². The summed E-state index contributed by atoms with van der Waals surface area (Å²) < 4.78 is 54.1. The maximum absolute atomic E-state index is 12.8. The zero-order chi connectivity index (χ0) is 45.5. The topological polar surface area (TPSA) is 186 Å². The second kappa shape index (κ2) is 38.5. The molecule has 1 rings (SSSR count). The van der Waals surface area contributed by atoms with Crippen molar-refractivity contribution in [2.45, 2.75) is 205 Å². The molecule has 0 bridgehead atoms. The summed E-state index contributed by atoms with van der Waals surface area (Å²) in [6, 6.07) is 0. The summed E-state index contributed by atoms with van der Waals surface area (Å²) in [4.78, 5) is 25.4. The fraction of sp³-hybridized carbons (Fsp3) is 0.714. The minimum absolute atomic E-state index is 0.119. The first-order valence-corrected chi connectivity index (χ1v) is 25.1. The van der Waals surface area contributed by atoms with Crippen LogP contribution in [0.2, 0.25) is 0 Å². The third-order valence-corrected chi connectivity index (χ3v) is 11.0. The Labute approximate surface area is 374 Å². The van der Waals surface area contributed by atoms with Crippen molar-refractivity contribution < 1.29 is 56.8 Å². The number of allylic oxidation sites excluding steroid dienone is 12. The molecule has 0 spiro atoms. The van der Waals surface area contributed by atoms with Gasteiger partial charge in [-0.3, -0.25) is 14.1 Å². The van der Waals surface area contributed by atoms with Gasteiger partial charge in [0.1, 0.15) is 36.8 Å². The lowest BCUT2D eigenvalue weighted by Crippen LogP contribution is -2.60. The predicted molar refractivity (Wildman–Crippen MR) is 247 cm³/mol. The highest BCUT2D eigenvalue weighted by atomic mass is 32.2. The first-order valence-electron chi connectivity index (χ1n) is 23.5. The zero-order valence-electron chi connectivity index (χ0n) is 37.9. The van der Waals surface area contributed by atoms with E-state index in [1.54, 1.807) is 0 Å². The maximum Gasteiger partial charge on any atom is 0.306 e. The Bertz CT molecular complexity index is 1420. The number of carbonyl (C=O) groups excluding carboxylic acids is 2. The molecule has 6 atom stereocenters. The Morgan fingerprint density at radius 1 is 0.565 bits per heavy atom. The Morgan fingerprint density at radius 3 is 1.53 bits per heavy atom. The molecule has 0 aromatic heterocycles. The molecule has 0 aromatic carbocycles. The highest BCUT2D eigenvalue weighted by Crippen LogP contribution is 2.24. The van der Waals surface area contributed by atoms with Crippen molar-refractivity contribution in [3.63, 3.8) is 0 Å². The van der Waals surface area contributed by atoms with Gasteiger partial charge in [0, 0.05) is 12.8 Å². The van der Waals surface area contributed by atoms with E-state index in [1.165, 1.54) is 51.4 Å². The van der Waals surface area contributed by atoms with Crippen molar-refractivity contribution in [2.24, 2.45) is 0 Å². The lowest BCUT2D eigenvalue weighted by molar-refractivity contribution is -0.297. The first kappa shape index (κ1) is 57.1. The molecule has 4 N–H and O–H groups in total. The Hall–Kier alpha value is -2.91. The van der Waals surface area contributed by atoms with Crippen LogP contribution >= 0.6 is 0 Å². The molecule has 1 aliphatic heterocycles. The van der Waals surface area contributed by atoms with Crippen molar-refractivity contribution in [1.82, 2.24) is 0 Å². The van der Waals surface area contributed by atoms with Gasteiger partial charge in [0.05, 0.1) is 6.61 Å². The van der Waals surface area contributed by atoms with Crippen LogP contribution < -0.4 is 0 Å². The van der Waals surface area contributed by atoms with Crippen LogP contribution in [0.3, 0.4) is 0 Å². The van der Waals surface area contributed by atoms with Gasteiger partial charge in [-0.1, -0.05) is 145 Å². The van der Waals surface area contributed by atoms with Crippen LogP contribution in [-0.2, 0) is 38.7 Å². The number of aliphatic hydroxyl groups is 3. The van der Waals surface area contributed by atoms with Gasteiger partial charge in [-0.15, -0.1) is 0 Å². The molecular weight excluding hydrogens is 813 g/mol. The van der Waals surface area contributed by atoms with Crippen molar-refractivity contribution in [3.8, 4) is 0 Å². The molecule has 0 radical (unpaired) electrons. The standard InChI is InChI=1S/C49H82O12S/c1-3-5-7-9-11-13-15-17-19-20-21-22-24-26-28-30-32-34-36-38-45(51)60-42(40-59-49-48(54)47(53)46(52)43(61-49)41-62(55,56)57)39-58-44(50)37-35-33-31-29-27-25-23-18-16-14-12-10-8-6-4-2/h5,7,11,13,17,19,21-22,25-28,42-43,46-49,52-54H,3-4,6,8-10,12,14-16,18,20,23-24,29-41H2,1-2H3,(H,55,56,57)/b7-5+,13-11+,19-17+,22-21+,27-25+,28-26+/t42-,43-,46-,47?,48?,49+/m1/s1. The second-order valence-corrected chi connectivity index (χ2v) is 17.5. The molecule has 1 fully saturated rings. The fourth-order valence-corrected chi connectivity index (χ4v) is 7.33. The molecule has 0 aliphatic carbocycles. The zero-order valence-corrected chi connectivity index (χ0v) is 38.8. The number of unbranched alkanes of at least 4 members (excludes halogenated alkanes) is 14. The van der Waals surface area contributed by atoms with Gasteiger partial charge < -0.3 is 34.3 Å². The van der Waals surface area contributed by atoms with Crippen molar-refractivity contribution in [3.05, 3.63) is 72.9 Å². The van der Waals surface area contributed by atoms with E-state index in [0.29, 0.717) is 12.8 Å². The number of hydrogen-bond donors (Lipinski definition) is 4. The molecule has 1 heterocycles. The summed E-state index contributed by atoms with van der Waals surface area (Å²) in [5.41, 5.74) is 0. The summed E-state index contributed by atoms with van der Waals surface area (Å²) in [7, 11) is -4.61. The molecule has 13 heteroatoms. The average Bonchev–Trinajstić information content (AvgIpc) is 3.24. The highest BCUT2D eigenvalue weighted by molar-refractivity contribution is 7.85. The minimum atomic E-state index is -4.61. The molecule has 0 amide bonds. The van der Waals surface area contributed by atoms with Crippen molar-refractivity contribution >= 4 is 22.1 Å². The first-order chi connectivity index (χ1) is 30.0. The summed E-state index contributed by atoms with van der Waals surface area (Å²) in [6.07, 6.45) is 39.4. The number of ether oxygens (including phenoxy) is 4. The lowest BCUT2D eigenvalue weighted by Gasteiger charge is -2.40. The Balaban J connectivity index is 2.48. The molecule has 0 saturated carbocycles. The third kappa shape index (κ3) is 32.7. The molecule has 1 aliphatic rings. The van der Waals surface area contributed by atoms with Gasteiger partial charge in [-0.05, 0) is 83.5 Å². The van der Waals surface area contributed by atoms with Gasteiger partial charge >= 0.3 is 11.9 Å². The van der Waals surface area contributed by atoms with E-state index in [0.717, 1.165) is 77.0 Å². The highest BCUT2D eigenvalue weighted by Gasteiger charge is 2.46. The van der Waals surface area contributed by atoms with Crippen LogP contribution in [-0.4, -0.2) is 96.0 Å². The number of carbonyl (C=O) groups is 2. The normalized spacial score (nSPS) is 20.5. The Kier molecular flexibility index (Phi) is 35.5. The second-order valence-electron chi connectivity index (χ2n) is 16.0. The molecule has 1 saturated heterocycles. The van der Waals surface area contributed by atoms with Gasteiger partial charge in [0.15, 0.2) is 12.4 Å². The monoisotopic (exact) mass is 895 g/mol. The average molecular weight is 895 g/mol. The van der Waals surface area contributed by atoms with Gasteiger partial charge in [-0.25, -0.2) is 0 Å². The Morgan fingerprint density at radius 2 is 1.02 bits per heavy atom. The SMILES string of the molecule is CC/C=C/C/C=C/C/C=C/C/C=C/C/C=C/CCCCCC(=O)O[C@H](COC(=O)CCCCC/C=C/CCCCCCCCCC)CO[C@H]1O[C@H](CS(=O)(=O)O)[C@@H](O)C(O)C1O. The van der Waals surface area contributed by atoms with Gasteiger partial charge in [-0.2, -0.15) is 8.42 Å². The molecule has 62 heavy (non-hydrogen) atoms. The minimum Gasteiger partial charge on any atom is -0.462 e. The van der Waals surface area contributed by atoms with E-state index in [2.05, 4.69) is 86.8 Å². The van der Waals surface area contributed by atoms with E-state index in [-0.39, 0.29) is 19.4 Å². The number of rotatable bonds is 38. The van der Waals surface area contributed by atoms with Crippen molar-refractivity contribution in [2.75, 3.05) is 19.0 Å². The largest absolute Gasteiger partial charge is 0.462 e. The van der Waals surface area contributed by atoms with E-state index in [4.69, 9.17) is 18.9 Å². The van der Waals surface area contributed by atoms with E-state index in [1.807, 2.05) is 0 Å². The maximum atomic E-state index is 12.8. The molecular formula is C49H82O12S. The summed E-state index contributed by atoms with van der Waals surface area (Å²) in [6.45, 7) is 3.60. The number of hydrogen-bond acceptors (Lipinski definition) is 11. The molecule has 2 unspecified atom stereocenters. The predicted octanol–water partition coefficient (Wildman–Crippen LogP) is 9.89. The third-order valence-electron chi connectivity index (χ3n) is 10.3. The molecule has 0 aromatic rings. The smallest absolute Gasteiger partial charge is 0.306 e. The fourth-order valence-electron chi connectivity index (χ4n) is 6.64. The lowest BCUT2D eigenvalue weighted by atomic mass is 10.00. The molecule has 12 nitrogen and oxygen atoms in total. The van der Waals surface area contributed by atoms with Crippen LogP contribution in [0.15, 0.2) is 72.9 Å². The summed E-state index contributed by atoms with van der Waals surface area (Å²) in [5, 5.41) is 30.9. The van der Waals surface area contributed by atoms with Gasteiger partial charge in [0.2, 0.25) is 0 Å². The quantitative estimate of drug-likeness (QED) is 0.0199. The summed E-state index contributed by atoms with van der Waals surface area (Å²) >= 11 is 0. The van der Waals surface area contributed by atoms with E-state index >= 15 is 0 Å². The van der Waals surface area contributed by atoms with Crippen LogP contribution in [0.25, 0.3) is 0 Å². The summed E-state index contributed by atoms with van der Waals surface area (Å²) in [5.74, 6) is -2.05. The van der Waals surface area contributed by atoms with Crippen molar-refractivity contribution in [1.29, 1.82) is 0 Å². The van der Waals surface area contributed by atoms with Crippen LogP contribution in [0.1, 0.15) is 168 Å². The van der Waals surface area contributed by atoms with E-state index in [9.17, 15) is 37.9 Å².